The molecule has 2 aromatic rings. The van der Waals surface area contributed by atoms with Crippen molar-refractivity contribution in [3.63, 3.8) is 0 Å². The Hall–Kier alpha value is -2.62. The number of rotatable bonds is 4. The van der Waals surface area contributed by atoms with E-state index >= 15 is 0 Å². The lowest BCUT2D eigenvalue weighted by Gasteiger charge is -2.26. The first-order chi connectivity index (χ1) is 11.6. The predicted molar refractivity (Wildman–Crippen MR) is 93.1 cm³/mol. The molecule has 0 aliphatic carbocycles. The molecule has 4 nitrogen and oxygen atoms in total. The minimum Gasteiger partial charge on any atom is -0.349 e. The maximum Gasteiger partial charge on any atom is 0.226 e. The smallest absolute Gasteiger partial charge is 0.226 e. The van der Waals surface area contributed by atoms with Gasteiger partial charge in [0.05, 0.1) is 18.0 Å². The molecule has 1 saturated heterocycles. The highest BCUT2D eigenvalue weighted by molar-refractivity contribution is 5.90. The van der Waals surface area contributed by atoms with Gasteiger partial charge in [-0.25, -0.2) is 0 Å². The number of nitrogens with zero attached hydrogens (tertiary/aromatic N) is 1. The summed E-state index contributed by atoms with van der Waals surface area (Å²) in [4.78, 5) is 26.7. The first-order valence-corrected chi connectivity index (χ1v) is 8.24. The van der Waals surface area contributed by atoms with E-state index in [1.165, 1.54) is 0 Å². The number of carbonyl (C=O) groups excluding carboxylic acids is 2. The van der Waals surface area contributed by atoms with Crippen LogP contribution in [0.3, 0.4) is 0 Å². The lowest BCUT2D eigenvalue weighted by molar-refractivity contribution is -0.128. The van der Waals surface area contributed by atoms with Crippen molar-refractivity contribution in [2.45, 2.75) is 25.4 Å². The average molecular weight is 322 g/mol. The first-order valence-electron chi connectivity index (χ1n) is 8.24. The summed E-state index contributed by atoms with van der Waals surface area (Å²) in [5.74, 6) is -0.426. The zero-order valence-electron chi connectivity index (χ0n) is 14.0. The van der Waals surface area contributed by atoms with Crippen molar-refractivity contribution in [3.8, 4) is 0 Å². The van der Waals surface area contributed by atoms with Crippen LogP contribution < -0.4 is 5.32 Å². The van der Waals surface area contributed by atoms with Gasteiger partial charge in [-0.1, -0.05) is 60.7 Å². The third-order valence-corrected chi connectivity index (χ3v) is 4.72. The summed E-state index contributed by atoms with van der Waals surface area (Å²) >= 11 is 0. The minimum atomic E-state index is -0.365. The van der Waals surface area contributed by atoms with Gasteiger partial charge in [0, 0.05) is 13.5 Å². The molecule has 0 spiro atoms. The van der Waals surface area contributed by atoms with E-state index in [1.54, 1.807) is 11.9 Å². The highest BCUT2D eigenvalue weighted by Crippen LogP contribution is 2.37. The Balaban J connectivity index is 1.79. The van der Waals surface area contributed by atoms with Gasteiger partial charge in [0.25, 0.3) is 0 Å². The largest absolute Gasteiger partial charge is 0.349 e. The molecule has 24 heavy (non-hydrogen) atoms. The van der Waals surface area contributed by atoms with Crippen molar-refractivity contribution in [2.24, 2.45) is 5.92 Å². The van der Waals surface area contributed by atoms with Crippen molar-refractivity contribution in [3.05, 3.63) is 71.8 Å². The van der Waals surface area contributed by atoms with E-state index in [0.717, 1.165) is 11.1 Å². The van der Waals surface area contributed by atoms with E-state index in [-0.39, 0.29) is 36.2 Å². The van der Waals surface area contributed by atoms with Crippen LogP contribution in [0.25, 0.3) is 0 Å². The van der Waals surface area contributed by atoms with Gasteiger partial charge < -0.3 is 10.2 Å². The van der Waals surface area contributed by atoms with Crippen molar-refractivity contribution in [1.82, 2.24) is 10.2 Å². The van der Waals surface area contributed by atoms with Gasteiger partial charge in [-0.15, -0.1) is 0 Å². The fourth-order valence-corrected chi connectivity index (χ4v) is 3.36. The second-order valence-corrected chi connectivity index (χ2v) is 6.31. The number of hydrogen-bond donors (Lipinski definition) is 1. The molecule has 1 heterocycles. The van der Waals surface area contributed by atoms with Crippen molar-refractivity contribution >= 4 is 11.8 Å². The lowest BCUT2D eigenvalue weighted by Crippen LogP contribution is -2.35. The number of carbonyl (C=O) groups is 2. The number of amides is 2. The summed E-state index contributed by atoms with van der Waals surface area (Å²) in [6, 6.07) is 19.3. The van der Waals surface area contributed by atoms with Gasteiger partial charge in [0.2, 0.25) is 11.8 Å². The van der Waals surface area contributed by atoms with Crippen LogP contribution in [0.4, 0.5) is 0 Å². The van der Waals surface area contributed by atoms with E-state index < -0.39 is 0 Å². The summed E-state index contributed by atoms with van der Waals surface area (Å²) in [5.41, 5.74) is 2.05. The standard InChI is InChI=1S/C20H22N2O2/c1-14(15-9-5-3-6-10-15)21-20(24)17-13-18(23)22(2)19(17)16-11-7-4-8-12-16/h3-12,14,17,19H,13H2,1-2H3,(H,21,24)/t14-,17-,19+/m0/s1. The molecule has 1 N–H and O–H groups in total. The van der Waals surface area contributed by atoms with Gasteiger partial charge in [0.15, 0.2) is 0 Å². The van der Waals surface area contributed by atoms with E-state index in [2.05, 4.69) is 5.32 Å². The molecule has 1 aliphatic rings. The monoisotopic (exact) mass is 322 g/mol. The highest BCUT2D eigenvalue weighted by Gasteiger charge is 2.42. The fraction of sp³-hybridized carbons (Fsp3) is 0.300. The molecule has 2 amide bonds. The average Bonchev–Trinajstić information content (AvgIpc) is 2.91. The fourth-order valence-electron chi connectivity index (χ4n) is 3.36. The summed E-state index contributed by atoms with van der Waals surface area (Å²) in [5, 5.41) is 3.06. The molecule has 1 fully saturated rings. The Morgan fingerprint density at radius 2 is 1.67 bits per heavy atom. The third-order valence-electron chi connectivity index (χ3n) is 4.72. The molecule has 1 aliphatic heterocycles. The molecule has 124 valence electrons. The molecule has 0 unspecified atom stereocenters. The summed E-state index contributed by atoms with van der Waals surface area (Å²) in [7, 11) is 1.77. The Kier molecular flexibility index (Phi) is 4.65. The van der Waals surface area contributed by atoms with Crippen molar-refractivity contribution in [2.75, 3.05) is 7.05 Å². The van der Waals surface area contributed by atoms with Gasteiger partial charge in [0.1, 0.15) is 0 Å². The van der Waals surface area contributed by atoms with Gasteiger partial charge in [-0.2, -0.15) is 0 Å². The van der Waals surface area contributed by atoms with E-state index in [4.69, 9.17) is 0 Å². The van der Waals surface area contributed by atoms with Crippen LogP contribution in [0.1, 0.15) is 36.6 Å². The molecule has 0 saturated carbocycles. The highest BCUT2D eigenvalue weighted by atomic mass is 16.2. The quantitative estimate of drug-likeness (QED) is 0.940. The molecule has 4 heteroatoms. The second kappa shape index (κ2) is 6.87. The molecular weight excluding hydrogens is 300 g/mol. The maximum atomic E-state index is 12.8. The Bertz CT molecular complexity index is 715. The summed E-state index contributed by atoms with van der Waals surface area (Å²) < 4.78 is 0. The van der Waals surface area contributed by atoms with Gasteiger partial charge >= 0.3 is 0 Å². The molecule has 2 aromatic carbocycles. The first kappa shape index (κ1) is 16.2. The van der Waals surface area contributed by atoms with Crippen molar-refractivity contribution in [1.29, 1.82) is 0 Å². The normalized spacial score (nSPS) is 21.6. The number of nitrogens with one attached hydrogen (secondary N) is 1. The summed E-state index contributed by atoms with van der Waals surface area (Å²) in [6.45, 7) is 1.96. The third kappa shape index (κ3) is 3.18. The topological polar surface area (TPSA) is 49.4 Å². The van der Waals surface area contributed by atoms with E-state index in [9.17, 15) is 9.59 Å². The van der Waals surface area contributed by atoms with Crippen LogP contribution in [-0.2, 0) is 9.59 Å². The number of hydrogen-bond acceptors (Lipinski definition) is 2. The number of likely N-dealkylation sites (tertiary alicyclic amines) is 1. The van der Waals surface area contributed by atoms with Gasteiger partial charge in [-0.05, 0) is 18.1 Å². The minimum absolute atomic E-state index is 0.0105. The molecular formula is C20H22N2O2. The Morgan fingerprint density at radius 3 is 2.29 bits per heavy atom. The second-order valence-electron chi connectivity index (χ2n) is 6.31. The zero-order chi connectivity index (χ0) is 17.1. The van der Waals surface area contributed by atoms with Crippen LogP contribution in [0.2, 0.25) is 0 Å². The van der Waals surface area contributed by atoms with Crippen LogP contribution in [0.5, 0.6) is 0 Å². The Labute approximate surface area is 142 Å². The number of benzene rings is 2. The zero-order valence-corrected chi connectivity index (χ0v) is 14.0. The van der Waals surface area contributed by atoms with Crippen LogP contribution >= 0.6 is 0 Å². The van der Waals surface area contributed by atoms with Crippen LogP contribution in [0, 0.1) is 5.92 Å². The maximum absolute atomic E-state index is 12.8. The molecule has 0 bridgehead atoms. The molecule has 3 rings (SSSR count). The van der Waals surface area contributed by atoms with Crippen LogP contribution in [-0.4, -0.2) is 23.8 Å². The molecule has 0 aromatic heterocycles. The molecule has 3 atom stereocenters. The van der Waals surface area contributed by atoms with E-state index in [1.807, 2.05) is 67.6 Å². The Morgan fingerprint density at radius 1 is 1.08 bits per heavy atom. The van der Waals surface area contributed by atoms with E-state index in [0.29, 0.717) is 0 Å². The predicted octanol–water partition coefficient (Wildman–Crippen LogP) is 3.08. The van der Waals surface area contributed by atoms with Crippen LogP contribution in [0.15, 0.2) is 60.7 Å². The van der Waals surface area contributed by atoms with Crippen molar-refractivity contribution < 1.29 is 9.59 Å². The lowest BCUT2D eigenvalue weighted by atomic mass is 9.92. The van der Waals surface area contributed by atoms with Gasteiger partial charge in [-0.3, -0.25) is 9.59 Å². The summed E-state index contributed by atoms with van der Waals surface area (Å²) in [6.07, 6.45) is 0.253. The molecule has 0 radical (unpaired) electrons. The SMILES string of the molecule is C[C@H](NC(=O)[C@H]1CC(=O)N(C)[C@@H]1c1ccccc1)c1ccccc1.